The molecule has 0 atom stereocenters. The van der Waals surface area contributed by atoms with E-state index < -0.39 is 0 Å². The van der Waals surface area contributed by atoms with E-state index in [0.717, 1.165) is 37.1 Å². The van der Waals surface area contributed by atoms with Crippen molar-refractivity contribution in [3.8, 4) is 0 Å². The van der Waals surface area contributed by atoms with Gasteiger partial charge in [0.25, 0.3) is 5.91 Å². The molecule has 1 aromatic carbocycles. The first-order valence-electron chi connectivity index (χ1n) is 7.80. The van der Waals surface area contributed by atoms with Crippen LogP contribution < -0.4 is 0 Å². The highest BCUT2D eigenvalue weighted by Crippen LogP contribution is 2.18. The number of nitrogens with zero attached hydrogens (tertiary/aromatic N) is 2. The minimum absolute atomic E-state index is 0.116. The van der Waals surface area contributed by atoms with E-state index in [0.29, 0.717) is 11.9 Å². The van der Waals surface area contributed by atoms with E-state index in [1.807, 2.05) is 36.2 Å². The number of benzene rings is 1. The fourth-order valence-electron chi connectivity index (χ4n) is 2.95. The topological polar surface area (TPSA) is 23.6 Å². The number of likely N-dealkylation sites (tertiary alicyclic amines) is 1. The van der Waals surface area contributed by atoms with Crippen LogP contribution in [0.15, 0.2) is 24.3 Å². The molecule has 1 aromatic rings. The molecule has 0 spiro atoms. The molecule has 116 valence electrons. The second kappa shape index (κ2) is 7.81. The number of amides is 1. The van der Waals surface area contributed by atoms with Gasteiger partial charge in [-0.15, -0.1) is 11.6 Å². The maximum atomic E-state index is 12.5. The van der Waals surface area contributed by atoms with Gasteiger partial charge in [-0.25, -0.2) is 0 Å². The molecule has 1 fully saturated rings. The van der Waals surface area contributed by atoms with Gasteiger partial charge in [-0.1, -0.05) is 19.1 Å². The molecule has 2 rings (SSSR count). The second-order valence-corrected chi connectivity index (χ2v) is 6.09. The Morgan fingerprint density at radius 1 is 1.29 bits per heavy atom. The number of alkyl halides is 1. The van der Waals surface area contributed by atoms with Crippen LogP contribution in [0.4, 0.5) is 0 Å². The van der Waals surface area contributed by atoms with E-state index in [9.17, 15) is 4.79 Å². The van der Waals surface area contributed by atoms with Crippen LogP contribution in [0.3, 0.4) is 0 Å². The summed E-state index contributed by atoms with van der Waals surface area (Å²) in [7, 11) is 1.93. The average Bonchev–Trinajstić information content (AvgIpc) is 2.54. The van der Waals surface area contributed by atoms with Crippen molar-refractivity contribution in [3.63, 3.8) is 0 Å². The first kappa shape index (κ1) is 16.3. The first-order valence-corrected chi connectivity index (χ1v) is 8.33. The van der Waals surface area contributed by atoms with Gasteiger partial charge in [-0.05, 0) is 43.5 Å². The Labute approximate surface area is 132 Å². The number of piperidine rings is 1. The minimum atomic E-state index is 0.116. The van der Waals surface area contributed by atoms with E-state index in [1.165, 1.54) is 13.0 Å². The average molecular weight is 309 g/mol. The largest absolute Gasteiger partial charge is 0.339 e. The molecule has 0 aromatic heterocycles. The summed E-state index contributed by atoms with van der Waals surface area (Å²) < 4.78 is 0. The Balaban J connectivity index is 1.93. The van der Waals surface area contributed by atoms with Gasteiger partial charge in [0.2, 0.25) is 0 Å². The predicted molar refractivity (Wildman–Crippen MR) is 87.8 cm³/mol. The lowest BCUT2D eigenvalue weighted by Gasteiger charge is -2.36. The third-order valence-corrected chi connectivity index (χ3v) is 4.63. The summed E-state index contributed by atoms with van der Waals surface area (Å²) in [6, 6.07) is 7.97. The fourth-order valence-corrected chi connectivity index (χ4v) is 3.13. The van der Waals surface area contributed by atoms with Gasteiger partial charge in [0.05, 0.1) is 0 Å². The van der Waals surface area contributed by atoms with Gasteiger partial charge in [0.15, 0.2) is 0 Å². The Hall–Kier alpha value is -1.06. The van der Waals surface area contributed by atoms with E-state index in [-0.39, 0.29) is 5.91 Å². The molecular weight excluding hydrogens is 284 g/mol. The fraction of sp³-hybridized carbons (Fsp3) is 0.588. The van der Waals surface area contributed by atoms with Crippen LogP contribution in [0.5, 0.6) is 0 Å². The van der Waals surface area contributed by atoms with Crippen molar-refractivity contribution in [2.24, 2.45) is 0 Å². The molecule has 1 amide bonds. The lowest BCUT2D eigenvalue weighted by molar-refractivity contribution is 0.0642. The smallest absolute Gasteiger partial charge is 0.253 e. The molecule has 0 unspecified atom stereocenters. The van der Waals surface area contributed by atoms with E-state index in [2.05, 4.69) is 11.8 Å². The van der Waals surface area contributed by atoms with E-state index in [1.54, 1.807) is 0 Å². The van der Waals surface area contributed by atoms with Crippen molar-refractivity contribution in [1.82, 2.24) is 9.80 Å². The maximum absolute atomic E-state index is 12.5. The minimum Gasteiger partial charge on any atom is -0.339 e. The third kappa shape index (κ3) is 4.21. The molecule has 1 aliphatic heterocycles. The number of hydrogen-bond acceptors (Lipinski definition) is 2. The number of carbonyl (C=O) groups is 1. The van der Waals surface area contributed by atoms with Gasteiger partial charge in [0.1, 0.15) is 0 Å². The molecule has 1 saturated heterocycles. The summed E-state index contributed by atoms with van der Waals surface area (Å²) in [6.07, 6.45) is 3.34. The number of rotatable bonds is 5. The van der Waals surface area contributed by atoms with Crippen molar-refractivity contribution in [2.75, 3.05) is 26.7 Å². The monoisotopic (exact) mass is 308 g/mol. The lowest BCUT2D eigenvalue weighted by Crippen LogP contribution is -2.45. The van der Waals surface area contributed by atoms with Gasteiger partial charge < -0.3 is 9.80 Å². The van der Waals surface area contributed by atoms with Crippen LogP contribution in [-0.4, -0.2) is 48.4 Å². The molecule has 0 aliphatic carbocycles. The maximum Gasteiger partial charge on any atom is 0.253 e. The van der Waals surface area contributed by atoms with Crippen LogP contribution in [0.25, 0.3) is 0 Å². The molecule has 0 N–H and O–H groups in total. The number of carbonyl (C=O) groups excluding carboxylic acids is 1. The molecule has 0 bridgehead atoms. The summed E-state index contributed by atoms with van der Waals surface area (Å²) in [6.45, 7) is 5.58. The van der Waals surface area contributed by atoms with Crippen LogP contribution in [0, 0.1) is 0 Å². The molecule has 0 saturated carbocycles. The van der Waals surface area contributed by atoms with Gasteiger partial charge in [-0.2, -0.15) is 0 Å². The highest BCUT2D eigenvalue weighted by molar-refractivity contribution is 6.17. The van der Waals surface area contributed by atoms with Crippen LogP contribution in [-0.2, 0) is 5.88 Å². The quantitative estimate of drug-likeness (QED) is 0.779. The summed E-state index contributed by atoms with van der Waals surface area (Å²) in [5.41, 5.74) is 1.80. The molecular formula is C17H25ClN2O. The van der Waals surface area contributed by atoms with Gasteiger partial charge in [0, 0.05) is 37.6 Å². The normalized spacial score (nSPS) is 16.9. The molecule has 1 heterocycles. The molecule has 1 aliphatic rings. The van der Waals surface area contributed by atoms with E-state index >= 15 is 0 Å². The van der Waals surface area contributed by atoms with Crippen LogP contribution in [0.1, 0.15) is 42.1 Å². The van der Waals surface area contributed by atoms with E-state index in [4.69, 9.17) is 11.6 Å². The molecule has 21 heavy (non-hydrogen) atoms. The highest BCUT2D eigenvalue weighted by Gasteiger charge is 2.25. The summed E-state index contributed by atoms with van der Waals surface area (Å²) in [5.74, 6) is 0.602. The first-order chi connectivity index (χ1) is 10.2. The van der Waals surface area contributed by atoms with Crippen molar-refractivity contribution in [2.45, 2.75) is 38.1 Å². The lowest BCUT2D eigenvalue weighted by atomic mass is 10.0. The molecule has 4 heteroatoms. The standard InChI is InChI=1S/C17H25ClN2O/c1-3-10-20-11-8-16(9-12-20)19(2)17(21)15-6-4-14(13-18)5-7-15/h4-7,16H,3,8-13H2,1-2H3. The van der Waals surface area contributed by atoms with Crippen LogP contribution >= 0.6 is 11.6 Å². The van der Waals surface area contributed by atoms with Gasteiger partial charge >= 0.3 is 0 Å². The number of halogens is 1. The Morgan fingerprint density at radius 2 is 1.90 bits per heavy atom. The zero-order valence-corrected chi connectivity index (χ0v) is 13.8. The summed E-state index contributed by atoms with van der Waals surface area (Å²) in [5, 5.41) is 0. The van der Waals surface area contributed by atoms with Crippen molar-refractivity contribution < 1.29 is 4.79 Å². The van der Waals surface area contributed by atoms with Gasteiger partial charge in [-0.3, -0.25) is 4.79 Å². The zero-order valence-electron chi connectivity index (χ0n) is 13.0. The number of hydrogen-bond donors (Lipinski definition) is 0. The Bertz CT molecular complexity index is 452. The Kier molecular flexibility index (Phi) is 6.07. The Morgan fingerprint density at radius 3 is 2.43 bits per heavy atom. The SMILES string of the molecule is CCCN1CCC(N(C)C(=O)c2ccc(CCl)cc2)CC1. The third-order valence-electron chi connectivity index (χ3n) is 4.32. The summed E-state index contributed by atoms with van der Waals surface area (Å²) in [4.78, 5) is 16.9. The molecule has 3 nitrogen and oxygen atoms in total. The van der Waals surface area contributed by atoms with Crippen molar-refractivity contribution in [1.29, 1.82) is 0 Å². The summed E-state index contributed by atoms with van der Waals surface area (Å²) >= 11 is 5.78. The van der Waals surface area contributed by atoms with Crippen LogP contribution in [0.2, 0.25) is 0 Å². The molecule has 0 radical (unpaired) electrons. The van der Waals surface area contributed by atoms with Crippen molar-refractivity contribution in [3.05, 3.63) is 35.4 Å². The zero-order chi connectivity index (χ0) is 15.2. The highest BCUT2D eigenvalue weighted by atomic mass is 35.5. The second-order valence-electron chi connectivity index (χ2n) is 5.82. The van der Waals surface area contributed by atoms with Crippen molar-refractivity contribution >= 4 is 17.5 Å². The predicted octanol–water partition coefficient (Wildman–Crippen LogP) is 3.37.